The Hall–Kier alpha value is -2.31. The fourth-order valence-corrected chi connectivity index (χ4v) is 4.14. The van der Waals surface area contributed by atoms with Crippen molar-refractivity contribution in [1.29, 1.82) is 0 Å². The van der Waals surface area contributed by atoms with Gasteiger partial charge in [-0.25, -0.2) is 4.39 Å². The molecule has 138 valence electrons. The molecule has 0 unspecified atom stereocenters. The van der Waals surface area contributed by atoms with Crippen molar-refractivity contribution in [3.8, 4) is 0 Å². The molecule has 2 aliphatic rings. The van der Waals surface area contributed by atoms with Gasteiger partial charge in [0.15, 0.2) is 5.17 Å². The maximum absolute atomic E-state index is 13.1. The Bertz CT molecular complexity index is 904. The summed E-state index contributed by atoms with van der Waals surface area (Å²) in [6.07, 6.45) is 1.84. The van der Waals surface area contributed by atoms with Gasteiger partial charge in [0.25, 0.3) is 5.91 Å². The molecule has 0 saturated carbocycles. The van der Waals surface area contributed by atoms with E-state index in [-0.39, 0.29) is 11.7 Å². The molecular weight excluding hydrogens is 385 g/mol. The van der Waals surface area contributed by atoms with E-state index < -0.39 is 0 Å². The summed E-state index contributed by atoms with van der Waals surface area (Å²) in [4.78, 5) is 21.4. The van der Waals surface area contributed by atoms with E-state index in [1.54, 1.807) is 24.3 Å². The minimum atomic E-state index is -0.229. The van der Waals surface area contributed by atoms with Gasteiger partial charge < -0.3 is 9.80 Å². The van der Waals surface area contributed by atoms with Crippen molar-refractivity contribution in [2.45, 2.75) is 0 Å². The molecule has 7 heteroatoms. The zero-order valence-corrected chi connectivity index (χ0v) is 16.0. The van der Waals surface area contributed by atoms with E-state index in [1.807, 2.05) is 18.2 Å². The molecule has 0 aliphatic carbocycles. The highest BCUT2D eigenvalue weighted by atomic mass is 35.5. The Labute approximate surface area is 166 Å². The fourth-order valence-electron chi connectivity index (χ4n) is 3.05. The van der Waals surface area contributed by atoms with Gasteiger partial charge >= 0.3 is 0 Å². The van der Waals surface area contributed by atoms with Crippen LogP contribution in [0.25, 0.3) is 6.08 Å². The van der Waals surface area contributed by atoms with Crippen molar-refractivity contribution < 1.29 is 9.18 Å². The third-order valence-corrected chi connectivity index (χ3v) is 5.82. The second-order valence-corrected chi connectivity index (χ2v) is 7.76. The summed E-state index contributed by atoms with van der Waals surface area (Å²) >= 11 is 7.31. The first kappa shape index (κ1) is 18.1. The zero-order valence-electron chi connectivity index (χ0n) is 14.4. The Balaban J connectivity index is 1.39. The number of aliphatic imine (C=N–C) groups is 1. The van der Waals surface area contributed by atoms with E-state index in [4.69, 9.17) is 11.6 Å². The van der Waals surface area contributed by atoms with Gasteiger partial charge in [-0.05, 0) is 59.8 Å². The fraction of sp³-hybridized carbons (Fsp3) is 0.200. The van der Waals surface area contributed by atoms with Crippen molar-refractivity contribution in [3.05, 3.63) is 69.8 Å². The van der Waals surface area contributed by atoms with Crippen LogP contribution in [-0.4, -0.2) is 42.2 Å². The predicted molar refractivity (Wildman–Crippen MR) is 110 cm³/mol. The monoisotopic (exact) mass is 401 g/mol. The summed E-state index contributed by atoms with van der Waals surface area (Å²) in [5, 5.41) is 1.41. The normalized spacial score (nSPS) is 19.0. The third-order valence-electron chi connectivity index (χ3n) is 4.52. The number of nitrogens with zero attached hydrogens (tertiary/aromatic N) is 3. The average Bonchev–Trinajstić information content (AvgIpc) is 3.05. The highest BCUT2D eigenvalue weighted by Gasteiger charge is 2.28. The van der Waals surface area contributed by atoms with E-state index in [1.165, 1.54) is 23.9 Å². The van der Waals surface area contributed by atoms with Crippen LogP contribution in [0.15, 0.2) is 58.4 Å². The molecule has 2 heterocycles. The number of piperazine rings is 1. The van der Waals surface area contributed by atoms with Crippen LogP contribution < -0.4 is 4.90 Å². The first-order valence-electron chi connectivity index (χ1n) is 8.62. The number of anilines is 1. The van der Waals surface area contributed by atoms with Crippen LogP contribution in [0.1, 0.15) is 5.56 Å². The maximum Gasteiger partial charge on any atom is 0.286 e. The second-order valence-electron chi connectivity index (χ2n) is 6.31. The molecular formula is C20H17ClFN3OS. The van der Waals surface area contributed by atoms with Gasteiger partial charge in [-0.1, -0.05) is 23.7 Å². The van der Waals surface area contributed by atoms with Gasteiger partial charge in [-0.3, -0.25) is 4.79 Å². The molecule has 0 spiro atoms. The Morgan fingerprint density at radius 3 is 2.26 bits per heavy atom. The molecule has 1 amide bonds. The number of thioether (sulfide) groups is 1. The number of hydrogen-bond donors (Lipinski definition) is 0. The van der Waals surface area contributed by atoms with Crippen molar-refractivity contribution in [3.63, 3.8) is 0 Å². The van der Waals surface area contributed by atoms with Gasteiger partial charge in [0.1, 0.15) is 5.82 Å². The Morgan fingerprint density at radius 1 is 0.963 bits per heavy atom. The topological polar surface area (TPSA) is 35.9 Å². The zero-order chi connectivity index (χ0) is 18.8. The maximum atomic E-state index is 13.1. The SMILES string of the molecule is O=C1N=C(N2CCN(c3ccc(F)cc3)CC2)SC1=Cc1ccc(Cl)cc1. The lowest BCUT2D eigenvalue weighted by atomic mass is 10.2. The molecule has 2 aromatic rings. The van der Waals surface area contributed by atoms with Gasteiger partial charge in [-0.15, -0.1) is 0 Å². The minimum absolute atomic E-state index is 0.203. The smallest absolute Gasteiger partial charge is 0.286 e. The Kier molecular flexibility index (Phi) is 5.18. The number of hydrogen-bond acceptors (Lipinski definition) is 4. The first-order chi connectivity index (χ1) is 13.1. The van der Waals surface area contributed by atoms with Crippen molar-refractivity contribution >= 4 is 46.2 Å². The number of carbonyl (C=O) groups excluding carboxylic acids is 1. The number of amidine groups is 1. The van der Waals surface area contributed by atoms with Crippen LogP contribution in [0.5, 0.6) is 0 Å². The van der Waals surface area contributed by atoms with Crippen LogP contribution in [0.3, 0.4) is 0 Å². The highest BCUT2D eigenvalue weighted by molar-refractivity contribution is 8.18. The van der Waals surface area contributed by atoms with Gasteiger partial charge in [0.05, 0.1) is 4.91 Å². The van der Waals surface area contributed by atoms with E-state index in [0.717, 1.165) is 42.6 Å². The molecule has 2 aliphatic heterocycles. The van der Waals surface area contributed by atoms with Crippen LogP contribution in [0.2, 0.25) is 5.02 Å². The van der Waals surface area contributed by atoms with Crippen molar-refractivity contribution in [1.82, 2.24) is 4.90 Å². The summed E-state index contributed by atoms with van der Waals surface area (Å²) in [5.41, 5.74) is 1.93. The number of amides is 1. The second kappa shape index (κ2) is 7.74. The minimum Gasteiger partial charge on any atom is -0.368 e. The van der Waals surface area contributed by atoms with E-state index >= 15 is 0 Å². The molecule has 0 aromatic heterocycles. The van der Waals surface area contributed by atoms with E-state index in [0.29, 0.717) is 9.93 Å². The molecule has 0 bridgehead atoms. The van der Waals surface area contributed by atoms with Crippen LogP contribution >= 0.6 is 23.4 Å². The van der Waals surface area contributed by atoms with Gasteiger partial charge in [-0.2, -0.15) is 4.99 Å². The van der Waals surface area contributed by atoms with Crippen LogP contribution in [-0.2, 0) is 4.79 Å². The third kappa shape index (κ3) is 4.17. The van der Waals surface area contributed by atoms with E-state index in [2.05, 4.69) is 14.8 Å². The van der Waals surface area contributed by atoms with Crippen LogP contribution in [0, 0.1) is 5.82 Å². The van der Waals surface area contributed by atoms with Crippen molar-refractivity contribution in [2.24, 2.45) is 4.99 Å². The molecule has 0 N–H and O–H groups in total. The average molecular weight is 402 g/mol. The largest absolute Gasteiger partial charge is 0.368 e. The van der Waals surface area contributed by atoms with Crippen molar-refractivity contribution in [2.75, 3.05) is 31.1 Å². The number of benzene rings is 2. The molecule has 0 atom stereocenters. The van der Waals surface area contributed by atoms with Crippen LogP contribution in [0.4, 0.5) is 10.1 Å². The molecule has 27 heavy (non-hydrogen) atoms. The summed E-state index contributed by atoms with van der Waals surface area (Å²) in [5.74, 6) is -0.432. The Morgan fingerprint density at radius 2 is 1.59 bits per heavy atom. The molecule has 2 aromatic carbocycles. The highest BCUT2D eigenvalue weighted by Crippen LogP contribution is 2.31. The standard InChI is InChI=1S/C20H17ClFN3OS/c21-15-3-1-14(2-4-15)13-18-19(26)23-20(27-18)25-11-9-24(10-12-25)17-7-5-16(22)6-8-17/h1-8,13H,9-12H2. The lowest BCUT2D eigenvalue weighted by Gasteiger charge is -2.36. The summed E-state index contributed by atoms with van der Waals surface area (Å²) in [7, 11) is 0. The molecule has 1 saturated heterocycles. The summed E-state index contributed by atoms with van der Waals surface area (Å²) in [6, 6.07) is 13.9. The lowest BCUT2D eigenvalue weighted by Crippen LogP contribution is -2.47. The number of carbonyl (C=O) groups is 1. The molecule has 1 fully saturated rings. The number of rotatable bonds is 2. The first-order valence-corrected chi connectivity index (χ1v) is 9.81. The lowest BCUT2D eigenvalue weighted by molar-refractivity contribution is -0.113. The van der Waals surface area contributed by atoms with E-state index in [9.17, 15) is 9.18 Å². The van der Waals surface area contributed by atoms with Gasteiger partial charge in [0, 0.05) is 36.9 Å². The number of halogens is 2. The molecule has 4 nitrogen and oxygen atoms in total. The molecule has 4 rings (SSSR count). The van der Waals surface area contributed by atoms with Gasteiger partial charge in [0.2, 0.25) is 0 Å². The predicted octanol–water partition coefficient (Wildman–Crippen LogP) is 4.27. The quantitative estimate of drug-likeness (QED) is 0.704. The molecule has 0 radical (unpaired) electrons. The summed E-state index contributed by atoms with van der Waals surface area (Å²) < 4.78 is 13.1. The summed E-state index contributed by atoms with van der Waals surface area (Å²) in [6.45, 7) is 3.14.